The average Bonchev–Trinajstić information content (AvgIpc) is 2.92. The van der Waals surface area contributed by atoms with Crippen LogP contribution in [0.4, 0.5) is 0 Å². The van der Waals surface area contributed by atoms with Gasteiger partial charge in [-0.2, -0.15) is 4.31 Å². The summed E-state index contributed by atoms with van der Waals surface area (Å²) in [6.07, 6.45) is 3.36. The summed E-state index contributed by atoms with van der Waals surface area (Å²) in [5, 5.41) is 0. The van der Waals surface area contributed by atoms with Crippen LogP contribution < -0.4 is 4.74 Å². The second-order valence-electron chi connectivity index (χ2n) is 9.74. The van der Waals surface area contributed by atoms with E-state index in [-0.39, 0.29) is 29.6 Å². The maximum absolute atomic E-state index is 13.8. The number of carbonyl (C=O) groups excluding carboxylic acids is 1. The molecule has 3 aromatic carbocycles. The Morgan fingerprint density at radius 3 is 2.19 bits per heavy atom. The molecule has 0 radical (unpaired) electrons. The Bertz CT molecular complexity index is 1270. The highest BCUT2D eigenvalue weighted by Gasteiger charge is 2.32. The Hall–Kier alpha value is -3.16. The van der Waals surface area contributed by atoms with Crippen LogP contribution in [0.25, 0.3) is 0 Å². The van der Waals surface area contributed by atoms with Crippen molar-refractivity contribution in [3.63, 3.8) is 0 Å². The zero-order chi connectivity index (χ0) is 26.3. The molecule has 1 saturated heterocycles. The maximum atomic E-state index is 13.8. The second-order valence-corrected chi connectivity index (χ2v) is 11.6. The van der Waals surface area contributed by atoms with Crippen LogP contribution in [0.5, 0.6) is 5.75 Å². The Kier molecular flexibility index (Phi) is 9.00. The minimum atomic E-state index is -3.96. The molecule has 6 nitrogen and oxygen atoms in total. The first-order valence-electron chi connectivity index (χ1n) is 12.9. The largest absolute Gasteiger partial charge is 0.495 e. The summed E-state index contributed by atoms with van der Waals surface area (Å²) in [6.45, 7) is 3.17. The van der Waals surface area contributed by atoms with Crippen LogP contribution in [0.15, 0.2) is 83.8 Å². The summed E-state index contributed by atoms with van der Waals surface area (Å²) in [6, 6.07) is 25.3. The third kappa shape index (κ3) is 6.99. The molecular formula is C30H36N2O4S. The lowest BCUT2D eigenvalue weighted by Crippen LogP contribution is -2.46. The van der Waals surface area contributed by atoms with Crippen molar-refractivity contribution in [3.8, 4) is 5.75 Å². The predicted octanol–water partition coefficient (Wildman–Crippen LogP) is 4.72. The molecule has 0 aliphatic carbocycles. The molecule has 0 spiro atoms. The number of likely N-dealkylation sites (tertiary alicyclic amines) is 1. The number of sulfonamides is 1. The molecule has 0 aromatic heterocycles. The molecule has 0 saturated carbocycles. The van der Waals surface area contributed by atoms with Gasteiger partial charge in [0.1, 0.15) is 10.6 Å². The Morgan fingerprint density at radius 2 is 1.57 bits per heavy atom. The number of aryl methyl sites for hydroxylation is 1. The first kappa shape index (κ1) is 26.9. The summed E-state index contributed by atoms with van der Waals surface area (Å²) >= 11 is 0. The smallest absolute Gasteiger partial charge is 0.247 e. The molecule has 1 aliphatic rings. The van der Waals surface area contributed by atoms with E-state index in [2.05, 4.69) is 24.3 Å². The standard InChI is InChI=1S/C30H36N2O4S/c1-24-13-14-28(36-2)29(21-24)37(34,35)32(20-17-25-9-5-3-6-10-25)23-30(33)31-18-15-27(16-19-31)22-26-11-7-4-8-12-26/h3-14,21,27H,15-20,22-23H2,1-2H3. The molecule has 37 heavy (non-hydrogen) atoms. The van der Waals surface area contributed by atoms with E-state index < -0.39 is 10.0 Å². The lowest BCUT2D eigenvalue weighted by atomic mass is 9.90. The van der Waals surface area contributed by atoms with Gasteiger partial charge < -0.3 is 9.64 Å². The summed E-state index contributed by atoms with van der Waals surface area (Å²) in [4.78, 5) is 15.3. The highest BCUT2D eigenvalue weighted by atomic mass is 32.2. The molecule has 0 bridgehead atoms. The van der Waals surface area contributed by atoms with Crippen molar-refractivity contribution in [2.45, 2.75) is 37.5 Å². The van der Waals surface area contributed by atoms with Crippen LogP contribution >= 0.6 is 0 Å². The Balaban J connectivity index is 1.48. The van der Waals surface area contributed by atoms with Crippen LogP contribution in [0, 0.1) is 12.8 Å². The normalized spacial score (nSPS) is 14.6. The highest BCUT2D eigenvalue weighted by Crippen LogP contribution is 2.28. The number of amides is 1. The molecular weight excluding hydrogens is 484 g/mol. The minimum absolute atomic E-state index is 0.0948. The van der Waals surface area contributed by atoms with Crippen molar-refractivity contribution in [3.05, 3.63) is 95.6 Å². The van der Waals surface area contributed by atoms with Crippen LogP contribution in [-0.4, -0.2) is 56.8 Å². The number of piperidine rings is 1. The van der Waals surface area contributed by atoms with E-state index in [0.29, 0.717) is 25.4 Å². The van der Waals surface area contributed by atoms with Gasteiger partial charge in [0.05, 0.1) is 13.7 Å². The van der Waals surface area contributed by atoms with E-state index in [1.54, 1.807) is 12.1 Å². The van der Waals surface area contributed by atoms with Gasteiger partial charge >= 0.3 is 0 Å². The van der Waals surface area contributed by atoms with Crippen molar-refractivity contribution < 1.29 is 17.9 Å². The molecule has 3 aromatic rings. The van der Waals surface area contributed by atoms with Crippen LogP contribution in [0.1, 0.15) is 29.5 Å². The molecule has 0 N–H and O–H groups in total. The number of rotatable bonds is 10. The van der Waals surface area contributed by atoms with Crippen LogP contribution in [0.3, 0.4) is 0 Å². The number of carbonyl (C=O) groups is 1. The van der Waals surface area contributed by atoms with E-state index in [0.717, 1.165) is 30.4 Å². The SMILES string of the molecule is COc1ccc(C)cc1S(=O)(=O)N(CCc1ccccc1)CC(=O)N1CCC(Cc2ccccc2)CC1. The topological polar surface area (TPSA) is 66.9 Å². The van der Waals surface area contributed by atoms with Gasteiger partial charge in [0.15, 0.2) is 0 Å². The van der Waals surface area contributed by atoms with Gasteiger partial charge in [-0.15, -0.1) is 0 Å². The minimum Gasteiger partial charge on any atom is -0.495 e. The van der Waals surface area contributed by atoms with Crippen LogP contribution in [0.2, 0.25) is 0 Å². The zero-order valence-corrected chi connectivity index (χ0v) is 22.5. The molecule has 0 unspecified atom stereocenters. The Morgan fingerprint density at radius 1 is 0.946 bits per heavy atom. The summed E-state index contributed by atoms with van der Waals surface area (Å²) < 4.78 is 34.4. The van der Waals surface area contributed by atoms with Gasteiger partial charge in [-0.05, 0) is 67.3 Å². The van der Waals surface area contributed by atoms with Crippen molar-refractivity contribution in [1.82, 2.24) is 9.21 Å². The maximum Gasteiger partial charge on any atom is 0.247 e. The molecule has 0 atom stereocenters. The van der Waals surface area contributed by atoms with E-state index in [1.165, 1.54) is 17.0 Å². The van der Waals surface area contributed by atoms with Crippen molar-refractivity contribution >= 4 is 15.9 Å². The molecule has 1 heterocycles. The molecule has 1 amide bonds. The fraction of sp³-hybridized carbons (Fsp3) is 0.367. The predicted molar refractivity (Wildman–Crippen MR) is 146 cm³/mol. The van der Waals surface area contributed by atoms with Crippen LogP contribution in [-0.2, 0) is 27.7 Å². The Labute approximate surface area is 220 Å². The lowest BCUT2D eigenvalue weighted by Gasteiger charge is -2.33. The monoisotopic (exact) mass is 520 g/mol. The van der Waals surface area contributed by atoms with Gasteiger partial charge in [0, 0.05) is 19.6 Å². The number of hydrogen-bond acceptors (Lipinski definition) is 4. The third-order valence-electron chi connectivity index (χ3n) is 7.08. The van der Waals surface area contributed by atoms with Crippen molar-refractivity contribution in [1.29, 1.82) is 0 Å². The molecule has 196 valence electrons. The summed E-state index contributed by atoms with van der Waals surface area (Å²) in [7, 11) is -2.50. The van der Waals surface area contributed by atoms with Gasteiger partial charge in [0.25, 0.3) is 0 Å². The number of nitrogens with zero attached hydrogens (tertiary/aromatic N) is 2. The first-order valence-corrected chi connectivity index (χ1v) is 14.3. The fourth-order valence-electron chi connectivity index (χ4n) is 4.89. The lowest BCUT2D eigenvalue weighted by molar-refractivity contribution is -0.132. The van der Waals surface area contributed by atoms with E-state index in [9.17, 15) is 13.2 Å². The van der Waals surface area contributed by atoms with Crippen molar-refractivity contribution in [2.75, 3.05) is 33.3 Å². The highest BCUT2D eigenvalue weighted by molar-refractivity contribution is 7.89. The summed E-state index contributed by atoms with van der Waals surface area (Å²) in [5.74, 6) is 0.659. The van der Waals surface area contributed by atoms with Gasteiger partial charge in [-0.3, -0.25) is 4.79 Å². The molecule has 7 heteroatoms. The van der Waals surface area contributed by atoms with E-state index >= 15 is 0 Å². The zero-order valence-electron chi connectivity index (χ0n) is 21.7. The third-order valence-corrected chi connectivity index (χ3v) is 8.94. The number of hydrogen-bond donors (Lipinski definition) is 0. The molecule has 1 fully saturated rings. The van der Waals surface area contributed by atoms with Gasteiger partial charge in [-0.1, -0.05) is 66.7 Å². The summed E-state index contributed by atoms with van der Waals surface area (Å²) in [5.41, 5.74) is 3.15. The molecule has 1 aliphatic heterocycles. The van der Waals surface area contributed by atoms with Gasteiger partial charge in [-0.25, -0.2) is 8.42 Å². The van der Waals surface area contributed by atoms with E-state index in [1.807, 2.05) is 54.3 Å². The number of ether oxygens (including phenoxy) is 1. The number of methoxy groups -OCH3 is 1. The quantitative estimate of drug-likeness (QED) is 0.388. The first-order chi connectivity index (χ1) is 17.9. The molecule has 4 rings (SSSR count). The van der Waals surface area contributed by atoms with Gasteiger partial charge in [0.2, 0.25) is 15.9 Å². The van der Waals surface area contributed by atoms with E-state index in [4.69, 9.17) is 4.74 Å². The fourth-order valence-corrected chi connectivity index (χ4v) is 6.52. The average molecular weight is 521 g/mol. The second kappa shape index (κ2) is 12.4. The van der Waals surface area contributed by atoms with Crippen molar-refractivity contribution in [2.24, 2.45) is 5.92 Å². The number of benzene rings is 3.